The molecule has 0 bridgehead atoms. The van der Waals surface area contributed by atoms with Crippen molar-refractivity contribution in [1.82, 2.24) is 14.5 Å². The number of aromatic nitrogens is 1. The molecule has 1 aliphatic rings. The Labute approximate surface area is 200 Å². The first-order valence-electron chi connectivity index (χ1n) is 11.3. The summed E-state index contributed by atoms with van der Waals surface area (Å²) in [5.74, 6) is 0.685. The van der Waals surface area contributed by atoms with Gasteiger partial charge in [-0.15, -0.1) is 0 Å². The van der Waals surface area contributed by atoms with Crippen LogP contribution in [0.15, 0.2) is 41.6 Å². The Bertz CT molecular complexity index is 1050. The van der Waals surface area contributed by atoms with Gasteiger partial charge in [-0.3, -0.25) is 9.59 Å². The summed E-state index contributed by atoms with van der Waals surface area (Å²) in [5, 5.41) is 6.21. The predicted molar refractivity (Wildman–Crippen MR) is 129 cm³/mol. The Hall–Kier alpha value is -3.33. The molecule has 9 heteroatoms. The molecule has 0 N–H and O–H groups in total. The lowest BCUT2D eigenvalue weighted by Crippen LogP contribution is -2.44. The van der Waals surface area contributed by atoms with E-state index < -0.39 is 6.04 Å². The summed E-state index contributed by atoms with van der Waals surface area (Å²) in [5.41, 5.74) is 2.51. The van der Waals surface area contributed by atoms with E-state index in [0.717, 1.165) is 17.0 Å². The molecule has 2 heterocycles. The van der Waals surface area contributed by atoms with Gasteiger partial charge >= 0.3 is 0 Å². The fourth-order valence-corrected chi connectivity index (χ4v) is 4.07. The Morgan fingerprint density at radius 2 is 1.94 bits per heavy atom. The van der Waals surface area contributed by atoms with Gasteiger partial charge in [-0.25, -0.2) is 5.01 Å². The van der Waals surface area contributed by atoms with Gasteiger partial charge in [-0.05, 0) is 30.3 Å². The smallest absolute Gasteiger partial charge is 0.262 e. The van der Waals surface area contributed by atoms with Gasteiger partial charge in [0.1, 0.15) is 18.0 Å². The first-order valence-corrected chi connectivity index (χ1v) is 11.3. The molecular weight excluding hydrogens is 436 g/mol. The molecule has 34 heavy (non-hydrogen) atoms. The SMILES string of the molecule is COCCN(CC(=O)N1N=C(c2cccn2C)CC1c1cc(OC)ccc1OC)C(=O)C(C)C. The third kappa shape index (κ3) is 5.41. The fraction of sp³-hybridized carbons (Fsp3) is 0.480. The second-order valence-electron chi connectivity index (χ2n) is 8.52. The normalized spacial score (nSPS) is 15.4. The molecule has 0 aliphatic carbocycles. The van der Waals surface area contributed by atoms with Crippen LogP contribution in [0.3, 0.4) is 0 Å². The van der Waals surface area contributed by atoms with Crippen LogP contribution in [0.5, 0.6) is 11.5 Å². The van der Waals surface area contributed by atoms with Crippen LogP contribution in [-0.2, 0) is 21.4 Å². The highest BCUT2D eigenvalue weighted by atomic mass is 16.5. The van der Waals surface area contributed by atoms with Gasteiger partial charge in [0.05, 0.1) is 38.3 Å². The highest BCUT2D eigenvalue weighted by Gasteiger charge is 2.37. The summed E-state index contributed by atoms with van der Waals surface area (Å²) in [6.45, 7) is 4.22. The van der Waals surface area contributed by atoms with Crippen molar-refractivity contribution in [2.45, 2.75) is 26.3 Å². The minimum absolute atomic E-state index is 0.0902. The lowest BCUT2D eigenvalue weighted by atomic mass is 9.99. The number of hydrogen-bond acceptors (Lipinski definition) is 6. The average molecular weight is 471 g/mol. The van der Waals surface area contributed by atoms with Crippen molar-refractivity contribution in [3.63, 3.8) is 0 Å². The molecule has 0 saturated carbocycles. The Balaban J connectivity index is 1.99. The molecule has 1 aliphatic heterocycles. The van der Waals surface area contributed by atoms with Crippen LogP contribution in [0.1, 0.15) is 37.6 Å². The molecule has 2 amide bonds. The van der Waals surface area contributed by atoms with Crippen molar-refractivity contribution in [1.29, 1.82) is 0 Å². The van der Waals surface area contributed by atoms with Crippen LogP contribution in [0.25, 0.3) is 0 Å². The number of methoxy groups -OCH3 is 3. The summed E-state index contributed by atoms with van der Waals surface area (Å²) in [6.07, 6.45) is 2.45. The first-order chi connectivity index (χ1) is 16.3. The second kappa shape index (κ2) is 11.2. The van der Waals surface area contributed by atoms with Crippen molar-refractivity contribution in [2.24, 2.45) is 18.1 Å². The highest BCUT2D eigenvalue weighted by molar-refractivity contribution is 6.02. The molecule has 0 spiro atoms. The van der Waals surface area contributed by atoms with E-state index in [2.05, 4.69) is 0 Å². The molecule has 9 nitrogen and oxygen atoms in total. The van der Waals surface area contributed by atoms with E-state index in [1.165, 1.54) is 9.91 Å². The number of benzene rings is 1. The molecule has 1 atom stereocenters. The van der Waals surface area contributed by atoms with Crippen molar-refractivity contribution in [2.75, 3.05) is 41.0 Å². The summed E-state index contributed by atoms with van der Waals surface area (Å²) >= 11 is 0. The quantitative estimate of drug-likeness (QED) is 0.533. The molecule has 1 aromatic carbocycles. The molecule has 2 aromatic rings. The largest absolute Gasteiger partial charge is 0.497 e. The summed E-state index contributed by atoms with van der Waals surface area (Å²) in [6, 6.07) is 9.02. The number of carbonyl (C=O) groups excluding carboxylic acids is 2. The van der Waals surface area contributed by atoms with Crippen molar-refractivity contribution >= 4 is 17.5 Å². The van der Waals surface area contributed by atoms with Crippen molar-refractivity contribution in [3.05, 3.63) is 47.8 Å². The van der Waals surface area contributed by atoms with Gasteiger partial charge in [-0.1, -0.05) is 13.8 Å². The van der Waals surface area contributed by atoms with Gasteiger partial charge in [-0.2, -0.15) is 5.10 Å². The van der Waals surface area contributed by atoms with Crippen LogP contribution in [0.4, 0.5) is 0 Å². The molecular formula is C25H34N4O5. The maximum atomic E-state index is 13.6. The zero-order chi connectivity index (χ0) is 24.8. The van der Waals surface area contributed by atoms with Crippen LogP contribution in [0, 0.1) is 5.92 Å². The summed E-state index contributed by atoms with van der Waals surface area (Å²) < 4.78 is 18.2. The van der Waals surface area contributed by atoms with Crippen LogP contribution in [-0.4, -0.2) is 73.0 Å². The third-order valence-electron chi connectivity index (χ3n) is 5.90. The molecule has 1 unspecified atom stereocenters. The van der Waals surface area contributed by atoms with Crippen molar-refractivity contribution < 1.29 is 23.8 Å². The van der Waals surface area contributed by atoms with Gasteiger partial charge in [0.2, 0.25) is 5.91 Å². The summed E-state index contributed by atoms with van der Waals surface area (Å²) in [7, 11) is 6.71. The topological polar surface area (TPSA) is 85.6 Å². The maximum Gasteiger partial charge on any atom is 0.262 e. The van der Waals surface area contributed by atoms with Crippen molar-refractivity contribution in [3.8, 4) is 11.5 Å². The minimum Gasteiger partial charge on any atom is -0.497 e. The number of amides is 2. The number of hydrazone groups is 1. The van der Waals surface area contributed by atoms with Gasteiger partial charge < -0.3 is 23.7 Å². The first kappa shape index (κ1) is 25.3. The molecule has 0 radical (unpaired) electrons. The number of aryl methyl sites for hydroxylation is 1. The van der Waals surface area contributed by atoms with E-state index in [1.54, 1.807) is 21.3 Å². The van der Waals surface area contributed by atoms with E-state index >= 15 is 0 Å². The zero-order valence-corrected chi connectivity index (χ0v) is 20.8. The number of rotatable bonds is 10. The minimum atomic E-state index is -0.402. The predicted octanol–water partition coefficient (Wildman–Crippen LogP) is 2.85. The Morgan fingerprint density at radius 3 is 2.53 bits per heavy atom. The summed E-state index contributed by atoms with van der Waals surface area (Å²) in [4.78, 5) is 27.9. The van der Waals surface area contributed by atoms with Crippen LogP contribution in [0.2, 0.25) is 0 Å². The van der Waals surface area contributed by atoms with Crippen LogP contribution >= 0.6 is 0 Å². The number of hydrogen-bond donors (Lipinski definition) is 0. The lowest BCUT2D eigenvalue weighted by molar-refractivity contribution is -0.143. The van der Waals surface area contributed by atoms with E-state index in [0.29, 0.717) is 31.1 Å². The standard InChI is InChI=1S/C25H34N4O5/c1-17(2)25(31)28(12-13-32-4)16-24(30)29-22(15-20(26-29)21-8-7-11-27(21)3)19-14-18(33-5)9-10-23(19)34-6/h7-11,14,17,22H,12-13,15-16H2,1-6H3. The highest BCUT2D eigenvalue weighted by Crippen LogP contribution is 2.39. The molecule has 3 rings (SSSR count). The fourth-order valence-electron chi connectivity index (χ4n) is 4.07. The van der Waals surface area contributed by atoms with E-state index in [9.17, 15) is 9.59 Å². The zero-order valence-electron chi connectivity index (χ0n) is 20.8. The molecule has 184 valence electrons. The molecule has 1 aromatic heterocycles. The third-order valence-corrected chi connectivity index (χ3v) is 5.90. The van der Waals surface area contributed by atoms with E-state index in [1.807, 2.05) is 62.0 Å². The average Bonchev–Trinajstić information content (AvgIpc) is 3.46. The molecule has 0 saturated heterocycles. The molecule has 0 fully saturated rings. The number of ether oxygens (including phenoxy) is 3. The Morgan fingerprint density at radius 1 is 1.18 bits per heavy atom. The monoisotopic (exact) mass is 470 g/mol. The van der Waals surface area contributed by atoms with Gasteiger partial charge in [0, 0.05) is 44.8 Å². The van der Waals surface area contributed by atoms with E-state index in [-0.39, 0.29) is 24.3 Å². The van der Waals surface area contributed by atoms with E-state index in [4.69, 9.17) is 19.3 Å². The lowest BCUT2D eigenvalue weighted by Gasteiger charge is -2.28. The van der Waals surface area contributed by atoms with Crippen LogP contribution < -0.4 is 9.47 Å². The van der Waals surface area contributed by atoms with Gasteiger partial charge in [0.25, 0.3) is 5.91 Å². The van der Waals surface area contributed by atoms with Gasteiger partial charge in [0.15, 0.2) is 0 Å². The Kier molecular flexibility index (Phi) is 8.33. The number of nitrogens with zero attached hydrogens (tertiary/aromatic N) is 4. The second-order valence-corrected chi connectivity index (χ2v) is 8.52. The number of carbonyl (C=O) groups is 2. The maximum absolute atomic E-state index is 13.6.